The second-order valence-corrected chi connectivity index (χ2v) is 9.26. The van der Waals surface area contributed by atoms with E-state index in [0.29, 0.717) is 30.2 Å². The molecular formula is C23H30F2N4O2. The summed E-state index contributed by atoms with van der Waals surface area (Å²) in [6.07, 6.45) is 0.862. The van der Waals surface area contributed by atoms with Gasteiger partial charge in [0.05, 0.1) is 11.6 Å². The quantitative estimate of drug-likeness (QED) is 0.733. The number of carbonyl (C=O) groups is 2. The fourth-order valence-electron chi connectivity index (χ4n) is 4.05. The number of amides is 1. The summed E-state index contributed by atoms with van der Waals surface area (Å²) in [6, 6.07) is 3.65. The normalized spacial score (nSPS) is 15.8. The van der Waals surface area contributed by atoms with E-state index in [4.69, 9.17) is 0 Å². The van der Waals surface area contributed by atoms with Crippen LogP contribution in [0.4, 0.5) is 8.78 Å². The first-order valence-corrected chi connectivity index (χ1v) is 10.5. The molecular weight excluding hydrogens is 402 g/mol. The van der Waals surface area contributed by atoms with E-state index in [9.17, 15) is 18.4 Å². The molecule has 0 saturated carbocycles. The average molecular weight is 433 g/mol. The molecule has 0 saturated heterocycles. The number of nitrogens with one attached hydrogen (secondary N) is 1. The fraction of sp³-hybridized carbons (Fsp3) is 0.522. The number of hydrogen-bond acceptors (Lipinski definition) is 4. The number of nitrogens with zero attached hydrogens (tertiary/aromatic N) is 3. The third-order valence-electron chi connectivity index (χ3n) is 5.85. The minimum Gasteiger partial charge on any atom is -0.359 e. The molecule has 0 aliphatic carbocycles. The van der Waals surface area contributed by atoms with Gasteiger partial charge >= 0.3 is 0 Å². The van der Waals surface area contributed by atoms with Gasteiger partial charge < -0.3 is 14.8 Å². The molecule has 1 aromatic heterocycles. The molecule has 31 heavy (non-hydrogen) atoms. The molecule has 2 heterocycles. The predicted molar refractivity (Wildman–Crippen MR) is 114 cm³/mol. The van der Waals surface area contributed by atoms with Crippen molar-refractivity contribution in [2.45, 2.75) is 46.7 Å². The Morgan fingerprint density at radius 3 is 2.52 bits per heavy atom. The van der Waals surface area contributed by atoms with Crippen LogP contribution in [0, 0.1) is 23.0 Å². The third kappa shape index (κ3) is 4.84. The highest BCUT2D eigenvalue weighted by atomic mass is 19.2. The van der Waals surface area contributed by atoms with Crippen molar-refractivity contribution in [3.8, 4) is 11.4 Å². The standard InChI is InChI=1S/C23H30F2N4O2/c1-23(2,3)15(22(31)26-4)12-19(30)20-18-13-28(5)9-6-10-29(18)21(27-20)14-7-8-16(24)17(25)11-14/h7-8,11,15H,6,9-10,12-13H2,1-5H3,(H,26,31)/t15-/m1/s1. The second-order valence-electron chi connectivity index (χ2n) is 9.26. The van der Waals surface area contributed by atoms with Crippen LogP contribution < -0.4 is 5.32 Å². The SMILES string of the molecule is CNC(=O)[C@@H](CC(=O)c1nc(-c2ccc(F)c(F)c2)n2c1CN(C)CCC2)C(C)(C)C. The highest BCUT2D eigenvalue weighted by Gasteiger charge is 2.35. The van der Waals surface area contributed by atoms with Crippen molar-refractivity contribution in [1.82, 2.24) is 19.8 Å². The molecule has 0 radical (unpaired) electrons. The maximum atomic E-state index is 13.9. The largest absolute Gasteiger partial charge is 0.359 e. The first-order chi connectivity index (χ1) is 14.5. The Labute approximate surface area is 181 Å². The Balaban J connectivity index is 2.07. The maximum Gasteiger partial charge on any atom is 0.223 e. The minimum atomic E-state index is -0.958. The molecule has 0 spiro atoms. The number of Topliss-reactive ketones (excluding diaryl/α,β-unsaturated/α-hetero) is 1. The molecule has 2 aromatic rings. The van der Waals surface area contributed by atoms with Crippen LogP contribution in [0.1, 0.15) is 49.8 Å². The van der Waals surface area contributed by atoms with Crippen LogP contribution >= 0.6 is 0 Å². The van der Waals surface area contributed by atoms with Gasteiger partial charge in [-0.25, -0.2) is 13.8 Å². The lowest BCUT2D eigenvalue weighted by molar-refractivity contribution is -0.127. The van der Waals surface area contributed by atoms with E-state index in [1.807, 2.05) is 32.4 Å². The summed E-state index contributed by atoms with van der Waals surface area (Å²) < 4.78 is 29.3. The number of ketones is 1. The number of imidazole rings is 1. The van der Waals surface area contributed by atoms with Crippen LogP contribution in [0.2, 0.25) is 0 Å². The lowest BCUT2D eigenvalue weighted by atomic mass is 9.77. The third-order valence-corrected chi connectivity index (χ3v) is 5.85. The highest BCUT2D eigenvalue weighted by molar-refractivity contribution is 5.98. The number of hydrogen-bond donors (Lipinski definition) is 1. The Morgan fingerprint density at radius 1 is 1.19 bits per heavy atom. The summed E-state index contributed by atoms with van der Waals surface area (Å²) in [5.41, 5.74) is 1.05. The lowest BCUT2D eigenvalue weighted by Crippen LogP contribution is -2.37. The first-order valence-electron chi connectivity index (χ1n) is 10.5. The summed E-state index contributed by atoms with van der Waals surface area (Å²) in [5, 5.41) is 2.65. The molecule has 8 heteroatoms. The van der Waals surface area contributed by atoms with Crippen molar-refractivity contribution in [3.05, 3.63) is 41.2 Å². The summed E-state index contributed by atoms with van der Waals surface area (Å²) in [5.74, 6) is -2.38. The van der Waals surface area contributed by atoms with Gasteiger partial charge in [0.2, 0.25) is 5.91 Å². The monoisotopic (exact) mass is 432 g/mol. The lowest BCUT2D eigenvalue weighted by Gasteiger charge is -2.28. The smallest absolute Gasteiger partial charge is 0.223 e. The van der Waals surface area contributed by atoms with Crippen LogP contribution in [-0.2, 0) is 17.9 Å². The van der Waals surface area contributed by atoms with Crippen LogP contribution in [0.25, 0.3) is 11.4 Å². The average Bonchev–Trinajstić information content (AvgIpc) is 2.93. The number of carbonyl (C=O) groups excluding carboxylic acids is 2. The number of fused-ring (bicyclic) bond motifs is 1. The van der Waals surface area contributed by atoms with E-state index in [1.54, 1.807) is 7.05 Å². The van der Waals surface area contributed by atoms with Crippen molar-refractivity contribution < 1.29 is 18.4 Å². The molecule has 0 bridgehead atoms. The van der Waals surface area contributed by atoms with Gasteiger partial charge in [0, 0.05) is 32.1 Å². The summed E-state index contributed by atoms with van der Waals surface area (Å²) in [4.78, 5) is 32.5. The van der Waals surface area contributed by atoms with E-state index in [-0.39, 0.29) is 18.1 Å². The van der Waals surface area contributed by atoms with Crippen molar-refractivity contribution >= 4 is 11.7 Å². The van der Waals surface area contributed by atoms with Gasteiger partial charge in [0.15, 0.2) is 17.4 Å². The van der Waals surface area contributed by atoms with E-state index in [1.165, 1.54) is 6.07 Å². The predicted octanol–water partition coefficient (Wildman–Crippen LogP) is 3.64. The van der Waals surface area contributed by atoms with Crippen LogP contribution in [0.15, 0.2) is 18.2 Å². The Bertz CT molecular complexity index is 994. The highest BCUT2D eigenvalue weighted by Crippen LogP contribution is 2.32. The molecule has 0 fully saturated rings. The fourth-order valence-corrected chi connectivity index (χ4v) is 4.05. The summed E-state index contributed by atoms with van der Waals surface area (Å²) >= 11 is 0. The van der Waals surface area contributed by atoms with Crippen LogP contribution in [0.3, 0.4) is 0 Å². The van der Waals surface area contributed by atoms with Gasteiger partial charge in [-0.1, -0.05) is 20.8 Å². The number of halogens is 2. The molecule has 1 aliphatic heterocycles. The van der Waals surface area contributed by atoms with Crippen molar-refractivity contribution in [2.75, 3.05) is 20.6 Å². The zero-order chi connectivity index (χ0) is 22.9. The van der Waals surface area contributed by atoms with Gasteiger partial charge in [0.1, 0.15) is 11.5 Å². The van der Waals surface area contributed by atoms with Crippen molar-refractivity contribution in [1.29, 1.82) is 0 Å². The Hall–Kier alpha value is -2.61. The molecule has 1 atom stereocenters. The molecule has 1 aromatic carbocycles. The van der Waals surface area contributed by atoms with Gasteiger partial charge in [-0.15, -0.1) is 0 Å². The van der Waals surface area contributed by atoms with Gasteiger partial charge in [0.25, 0.3) is 0 Å². The van der Waals surface area contributed by atoms with E-state index < -0.39 is 23.0 Å². The van der Waals surface area contributed by atoms with E-state index in [2.05, 4.69) is 15.2 Å². The van der Waals surface area contributed by atoms with E-state index in [0.717, 1.165) is 30.8 Å². The van der Waals surface area contributed by atoms with E-state index >= 15 is 0 Å². The summed E-state index contributed by atoms with van der Waals surface area (Å²) in [6.45, 7) is 7.75. The zero-order valence-corrected chi connectivity index (χ0v) is 18.8. The van der Waals surface area contributed by atoms with Crippen molar-refractivity contribution in [3.63, 3.8) is 0 Å². The van der Waals surface area contributed by atoms with Gasteiger partial charge in [-0.3, -0.25) is 9.59 Å². The molecule has 1 aliphatic rings. The zero-order valence-electron chi connectivity index (χ0n) is 18.8. The van der Waals surface area contributed by atoms with Crippen molar-refractivity contribution in [2.24, 2.45) is 11.3 Å². The topological polar surface area (TPSA) is 67.2 Å². The van der Waals surface area contributed by atoms with Gasteiger partial charge in [-0.05, 0) is 43.6 Å². The Kier molecular flexibility index (Phi) is 6.59. The number of benzene rings is 1. The minimum absolute atomic E-state index is 0.0219. The molecule has 1 amide bonds. The maximum absolute atomic E-state index is 13.9. The molecule has 3 rings (SSSR count). The van der Waals surface area contributed by atoms with Crippen LogP contribution in [-0.4, -0.2) is 46.8 Å². The van der Waals surface area contributed by atoms with Crippen LogP contribution in [0.5, 0.6) is 0 Å². The number of rotatable bonds is 5. The second kappa shape index (κ2) is 8.86. The molecule has 0 unspecified atom stereocenters. The molecule has 168 valence electrons. The first kappa shape index (κ1) is 23.1. The van der Waals surface area contributed by atoms with Gasteiger partial charge in [-0.2, -0.15) is 0 Å². The molecule has 1 N–H and O–H groups in total. The Morgan fingerprint density at radius 2 is 1.90 bits per heavy atom. The number of aromatic nitrogens is 2. The summed E-state index contributed by atoms with van der Waals surface area (Å²) in [7, 11) is 3.53. The molecule has 6 nitrogen and oxygen atoms in total.